The van der Waals surface area contributed by atoms with E-state index in [-0.39, 0.29) is 0 Å². The highest BCUT2D eigenvalue weighted by molar-refractivity contribution is 7.13. The van der Waals surface area contributed by atoms with Crippen molar-refractivity contribution in [3.05, 3.63) is 54.6 Å². The lowest BCUT2D eigenvalue weighted by Gasteiger charge is -2.29. The fourth-order valence-corrected chi connectivity index (χ4v) is 8.38. The molecule has 3 aromatic carbocycles. The topological polar surface area (TPSA) is 125 Å². The number of hydrogen-bond donors (Lipinski definition) is 3. The van der Waals surface area contributed by atoms with Gasteiger partial charge in [0.1, 0.15) is 33.1 Å². The van der Waals surface area contributed by atoms with Gasteiger partial charge in [-0.1, -0.05) is 42.9 Å². The van der Waals surface area contributed by atoms with Crippen LogP contribution in [0.15, 0.2) is 54.6 Å². The number of benzene rings is 3. The number of fused-ring (bicyclic) bond motifs is 3. The van der Waals surface area contributed by atoms with Crippen molar-refractivity contribution in [3.8, 4) is 0 Å². The third kappa shape index (κ3) is 2.14. The second-order valence-corrected chi connectivity index (χ2v) is 11.0. The Morgan fingerprint density at radius 1 is 0.517 bits per heavy atom. The van der Waals surface area contributed by atoms with Crippen molar-refractivity contribution < 1.29 is 0 Å². The molecule has 6 rings (SSSR count). The molecule has 0 aliphatic rings. The molecule has 0 saturated heterocycles. The van der Waals surface area contributed by atoms with Crippen LogP contribution in [0.1, 0.15) is 0 Å². The molecule has 0 radical (unpaired) electrons. The summed E-state index contributed by atoms with van der Waals surface area (Å²) in [5.41, 5.74) is 5.09. The minimum absolute atomic E-state index is 0.834. The molecular weight excluding hydrogens is 382 g/mol. The Balaban J connectivity index is 1.80. The van der Waals surface area contributed by atoms with Gasteiger partial charge in [-0.3, -0.25) is 0 Å². The number of aromatic nitrogens is 9. The Labute approximate surface area is 164 Å². The molecule has 6 aromatic rings. The third-order valence-electron chi connectivity index (χ3n) is 5.66. The van der Waals surface area contributed by atoms with Crippen LogP contribution in [0.25, 0.3) is 33.1 Å². The molecule has 9 nitrogen and oxygen atoms in total. The summed E-state index contributed by atoms with van der Waals surface area (Å²) in [6.45, 7) is 2.30. The molecule has 29 heavy (non-hydrogen) atoms. The van der Waals surface area contributed by atoms with Crippen LogP contribution in [0, 0.1) is 0 Å². The second-order valence-electron chi connectivity index (χ2n) is 7.12. The first-order valence-electron chi connectivity index (χ1n) is 9.17. The zero-order chi connectivity index (χ0) is 19.4. The predicted octanol–water partition coefficient (Wildman–Crippen LogP) is 0.600. The van der Waals surface area contributed by atoms with E-state index >= 15 is 0 Å². The van der Waals surface area contributed by atoms with E-state index in [9.17, 15) is 0 Å². The molecule has 0 fully saturated rings. The number of para-hydroxylation sites is 3. The number of H-pyrrole nitrogens is 3. The van der Waals surface area contributed by atoms with Crippen LogP contribution in [0.4, 0.5) is 0 Å². The van der Waals surface area contributed by atoms with Crippen molar-refractivity contribution in [2.24, 2.45) is 0 Å². The molecule has 0 atom stereocenters. The van der Waals surface area contributed by atoms with Crippen LogP contribution in [0.5, 0.6) is 0 Å². The number of aromatic amines is 3. The zero-order valence-corrected chi connectivity index (χ0v) is 16.4. The summed E-state index contributed by atoms with van der Waals surface area (Å²) in [5.74, 6) is 0. The van der Waals surface area contributed by atoms with Gasteiger partial charge < -0.3 is 0 Å². The minimum atomic E-state index is -2.63. The van der Waals surface area contributed by atoms with Gasteiger partial charge in [0.25, 0.3) is 0 Å². The molecule has 0 saturated carbocycles. The maximum Gasteiger partial charge on any atom is 0.154 e. The highest BCUT2D eigenvalue weighted by Crippen LogP contribution is 2.19. The van der Waals surface area contributed by atoms with E-state index in [4.69, 9.17) is 0 Å². The summed E-state index contributed by atoms with van der Waals surface area (Å²) in [7, 11) is -2.63. The van der Waals surface area contributed by atoms with E-state index in [0.29, 0.717) is 0 Å². The summed E-state index contributed by atoms with van der Waals surface area (Å²) >= 11 is 0. The number of hydrogen-bond acceptors (Lipinski definition) is 6. The fourth-order valence-electron chi connectivity index (χ4n) is 4.25. The van der Waals surface area contributed by atoms with Crippen LogP contribution >= 0.6 is 0 Å². The van der Waals surface area contributed by atoms with Crippen molar-refractivity contribution in [1.82, 2.24) is 46.2 Å². The minimum Gasteiger partial charge on any atom is -0.197 e. The van der Waals surface area contributed by atoms with Crippen molar-refractivity contribution >= 4 is 56.7 Å². The zero-order valence-electron chi connectivity index (χ0n) is 15.4. The Hall–Kier alpha value is -3.92. The highest BCUT2D eigenvalue weighted by atomic mass is 28.3. The van der Waals surface area contributed by atoms with Gasteiger partial charge in [0.15, 0.2) is 8.07 Å². The molecule has 0 amide bonds. The first-order chi connectivity index (χ1) is 14.3. The summed E-state index contributed by atoms with van der Waals surface area (Å²) in [6, 6.07) is 18.4. The summed E-state index contributed by atoms with van der Waals surface area (Å²) < 4.78 is 0. The number of nitrogens with one attached hydrogen (secondary N) is 3. The first-order valence-corrected chi connectivity index (χ1v) is 11.7. The van der Waals surface area contributed by atoms with Gasteiger partial charge in [-0.25, -0.2) is 0 Å². The van der Waals surface area contributed by atoms with Gasteiger partial charge in [0, 0.05) is 0 Å². The van der Waals surface area contributed by atoms with Gasteiger partial charge in [0.05, 0.1) is 0 Å². The maximum absolute atomic E-state index is 4.48. The standard InChI is InChI=1S/C19H15N9Si/c1-29(14-8-2-5-11-17(14)23-26-20-11,15-9-3-6-12-18(15)24-27-21-12)16-10-4-7-13-19(16)25-28-22-13/h2-10H,1H3,(H,20,23,26)(H,21,24,27)(H,22,25,28). The van der Waals surface area contributed by atoms with Crippen LogP contribution in [-0.4, -0.2) is 54.3 Å². The molecule has 0 unspecified atom stereocenters. The van der Waals surface area contributed by atoms with Crippen molar-refractivity contribution in [1.29, 1.82) is 0 Å². The van der Waals surface area contributed by atoms with Crippen LogP contribution < -0.4 is 15.6 Å². The number of rotatable bonds is 3. The lowest BCUT2D eigenvalue weighted by atomic mass is 10.3. The van der Waals surface area contributed by atoms with E-state index in [1.165, 1.54) is 0 Å². The fraction of sp³-hybridized carbons (Fsp3) is 0.0526. The van der Waals surface area contributed by atoms with E-state index in [1.54, 1.807) is 0 Å². The van der Waals surface area contributed by atoms with E-state index in [0.717, 1.165) is 48.7 Å². The van der Waals surface area contributed by atoms with Crippen molar-refractivity contribution in [2.75, 3.05) is 0 Å². The van der Waals surface area contributed by atoms with Gasteiger partial charge in [0.2, 0.25) is 0 Å². The average molecular weight is 397 g/mol. The molecule has 3 heterocycles. The molecule has 3 N–H and O–H groups in total. The van der Waals surface area contributed by atoms with Gasteiger partial charge >= 0.3 is 0 Å². The predicted molar refractivity (Wildman–Crippen MR) is 112 cm³/mol. The quantitative estimate of drug-likeness (QED) is 0.297. The van der Waals surface area contributed by atoms with Gasteiger partial charge in [-0.05, 0) is 33.8 Å². The summed E-state index contributed by atoms with van der Waals surface area (Å²) in [6.07, 6.45) is 0. The monoisotopic (exact) mass is 397 g/mol. The number of nitrogens with zero attached hydrogens (tertiary/aromatic N) is 6. The maximum atomic E-state index is 4.48. The van der Waals surface area contributed by atoms with E-state index < -0.39 is 8.07 Å². The Kier molecular flexibility index (Phi) is 3.21. The molecule has 0 bridgehead atoms. The largest absolute Gasteiger partial charge is 0.197 e. The van der Waals surface area contributed by atoms with Crippen molar-refractivity contribution in [2.45, 2.75) is 6.55 Å². The highest BCUT2D eigenvalue weighted by Gasteiger charge is 2.40. The summed E-state index contributed by atoms with van der Waals surface area (Å²) in [5, 5.41) is 38.1. The SMILES string of the molecule is C[Si](c1cccc2n[nH]nc12)(c1cccc2n[nH]nc12)c1cccc2n[nH]nc12. The van der Waals surface area contributed by atoms with Crippen molar-refractivity contribution in [3.63, 3.8) is 0 Å². The lowest BCUT2D eigenvalue weighted by molar-refractivity contribution is 0.959. The summed E-state index contributed by atoms with van der Waals surface area (Å²) in [4.78, 5) is 0. The van der Waals surface area contributed by atoms with Gasteiger partial charge in [-0.15, -0.1) is 0 Å². The second kappa shape index (κ2) is 5.79. The van der Waals surface area contributed by atoms with Crippen LogP contribution in [0.3, 0.4) is 0 Å². The Bertz CT molecular complexity index is 1320. The Morgan fingerprint density at radius 3 is 1.21 bits per heavy atom. The molecule has 10 heteroatoms. The Morgan fingerprint density at radius 2 is 0.862 bits per heavy atom. The lowest BCUT2D eigenvalue weighted by Crippen LogP contribution is -2.65. The van der Waals surface area contributed by atoms with Crippen LogP contribution in [0.2, 0.25) is 6.55 Å². The first kappa shape index (κ1) is 16.1. The molecule has 0 spiro atoms. The molecule has 0 aliphatic carbocycles. The molecule has 140 valence electrons. The molecular formula is C19H15N9Si. The van der Waals surface area contributed by atoms with E-state index in [1.807, 2.05) is 36.4 Å². The third-order valence-corrected chi connectivity index (χ3v) is 10.1. The molecule has 0 aliphatic heterocycles. The average Bonchev–Trinajstić information content (AvgIpc) is 3.51. The molecule has 3 aromatic heterocycles. The van der Waals surface area contributed by atoms with Crippen LogP contribution in [-0.2, 0) is 0 Å². The van der Waals surface area contributed by atoms with E-state index in [2.05, 4.69) is 71.0 Å². The normalized spacial score (nSPS) is 12.3. The van der Waals surface area contributed by atoms with Gasteiger partial charge in [-0.2, -0.15) is 46.2 Å². The smallest absolute Gasteiger partial charge is 0.154 e.